The summed E-state index contributed by atoms with van der Waals surface area (Å²) in [4.78, 5) is 24.4. The summed E-state index contributed by atoms with van der Waals surface area (Å²) in [5.41, 5.74) is 4.24. The summed E-state index contributed by atoms with van der Waals surface area (Å²) in [6.07, 6.45) is 1.46. The van der Waals surface area contributed by atoms with Gasteiger partial charge < -0.3 is 10.0 Å². The average Bonchev–Trinajstić information content (AvgIpc) is 2.91. The van der Waals surface area contributed by atoms with Crippen LogP contribution in [-0.2, 0) is 35.5 Å². The van der Waals surface area contributed by atoms with Crippen LogP contribution in [0.25, 0.3) is 0 Å². The van der Waals surface area contributed by atoms with Crippen molar-refractivity contribution in [1.82, 2.24) is 14.7 Å². The minimum Gasteiger partial charge on any atom is -0.481 e. The number of nitrogens with zero attached hydrogens (tertiary/aromatic N) is 3. The van der Waals surface area contributed by atoms with E-state index in [1.807, 2.05) is 39.9 Å². The number of hydrogen-bond donors (Lipinski definition) is 1. The summed E-state index contributed by atoms with van der Waals surface area (Å²) in [5.74, 6) is -0.769. The highest BCUT2D eigenvalue weighted by atomic mass is 16.4. The van der Waals surface area contributed by atoms with Crippen molar-refractivity contribution in [2.24, 2.45) is 0 Å². The lowest BCUT2D eigenvalue weighted by atomic mass is 10.0. The lowest BCUT2D eigenvalue weighted by Gasteiger charge is -2.26. The van der Waals surface area contributed by atoms with Crippen molar-refractivity contribution in [2.45, 2.75) is 39.3 Å². The van der Waals surface area contributed by atoms with Crippen molar-refractivity contribution < 1.29 is 14.7 Å². The maximum absolute atomic E-state index is 11.7. The molecule has 3 rings (SSSR count). The van der Waals surface area contributed by atoms with E-state index in [2.05, 4.69) is 5.10 Å². The summed E-state index contributed by atoms with van der Waals surface area (Å²) in [6.45, 7) is 3.16. The number of amides is 1. The Hall–Kier alpha value is -2.63. The van der Waals surface area contributed by atoms with E-state index in [0.717, 1.165) is 28.9 Å². The van der Waals surface area contributed by atoms with Gasteiger partial charge in [0.05, 0.1) is 18.7 Å². The Morgan fingerprint density at radius 2 is 2.00 bits per heavy atom. The Bertz CT molecular complexity index is 752. The topological polar surface area (TPSA) is 75.4 Å². The molecule has 0 aliphatic carbocycles. The van der Waals surface area contributed by atoms with Crippen molar-refractivity contribution in [1.29, 1.82) is 0 Å². The molecule has 24 heavy (non-hydrogen) atoms. The summed E-state index contributed by atoms with van der Waals surface area (Å²) >= 11 is 0. The maximum Gasteiger partial charge on any atom is 0.305 e. The number of aryl methyl sites for hydroxylation is 1. The van der Waals surface area contributed by atoms with Gasteiger partial charge in [-0.1, -0.05) is 30.3 Å². The maximum atomic E-state index is 11.7. The zero-order valence-electron chi connectivity index (χ0n) is 13.7. The molecule has 1 aliphatic rings. The van der Waals surface area contributed by atoms with Crippen LogP contribution in [0.1, 0.15) is 35.9 Å². The van der Waals surface area contributed by atoms with Gasteiger partial charge in [-0.15, -0.1) is 0 Å². The van der Waals surface area contributed by atoms with E-state index in [1.165, 1.54) is 0 Å². The highest BCUT2D eigenvalue weighted by Crippen LogP contribution is 2.25. The number of carbonyl (C=O) groups is 2. The van der Waals surface area contributed by atoms with Gasteiger partial charge in [0.15, 0.2) is 0 Å². The molecular weight excluding hydrogens is 306 g/mol. The second-order valence-corrected chi connectivity index (χ2v) is 6.09. The fourth-order valence-corrected chi connectivity index (χ4v) is 3.15. The van der Waals surface area contributed by atoms with Gasteiger partial charge in [-0.25, -0.2) is 0 Å². The van der Waals surface area contributed by atoms with Gasteiger partial charge in [-0.2, -0.15) is 5.10 Å². The largest absolute Gasteiger partial charge is 0.481 e. The van der Waals surface area contributed by atoms with E-state index < -0.39 is 5.97 Å². The van der Waals surface area contributed by atoms with Gasteiger partial charge >= 0.3 is 5.97 Å². The minimum absolute atomic E-state index is 0.0509. The lowest BCUT2D eigenvalue weighted by Crippen LogP contribution is -2.35. The molecule has 1 aromatic heterocycles. The van der Waals surface area contributed by atoms with Crippen LogP contribution in [0, 0.1) is 0 Å². The van der Waals surface area contributed by atoms with Crippen LogP contribution in [0.5, 0.6) is 0 Å². The smallest absolute Gasteiger partial charge is 0.305 e. The molecule has 6 heteroatoms. The lowest BCUT2D eigenvalue weighted by molar-refractivity contribution is -0.137. The number of aliphatic carboxylic acids is 1. The van der Waals surface area contributed by atoms with Crippen LogP contribution in [0.4, 0.5) is 0 Å². The minimum atomic E-state index is -0.829. The summed E-state index contributed by atoms with van der Waals surface area (Å²) in [7, 11) is 0. The Morgan fingerprint density at radius 3 is 2.67 bits per heavy atom. The van der Waals surface area contributed by atoms with Crippen molar-refractivity contribution >= 4 is 11.9 Å². The van der Waals surface area contributed by atoms with E-state index in [-0.39, 0.29) is 12.3 Å². The van der Waals surface area contributed by atoms with E-state index in [4.69, 9.17) is 5.11 Å². The van der Waals surface area contributed by atoms with Gasteiger partial charge in [0, 0.05) is 44.1 Å². The zero-order valence-corrected chi connectivity index (χ0v) is 13.7. The number of carboxylic acids is 1. The van der Waals surface area contributed by atoms with Crippen LogP contribution in [0.2, 0.25) is 0 Å². The number of benzene rings is 1. The molecule has 0 unspecified atom stereocenters. The Labute approximate surface area is 140 Å². The molecule has 0 bridgehead atoms. The first-order valence-electron chi connectivity index (χ1n) is 8.13. The first-order chi connectivity index (χ1) is 11.5. The molecule has 1 aliphatic heterocycles. The van der Waals surface area contributed by atoms with Gasteiger partial charge in [-0.05, 0) is 5.56 Å². The van der Waals surface area contributed by atoms with Gasteiger partial charge in [0.2, 0.25) is 5.91 Å². The third kappa shape index (κ3) is 3.48. The predicted molar refractivity (Wildman–Crippen MR) is 88.5 cm³/mol. The second-order valence-electron chi connectivity index (χ2n) is 6.09. The van der Waals surface area contributed by atoms with Crippen LogP contribution in [0.15, 0.2) is 30.3 Å². The number of aromatic nitrogens is 2. The van der Waals surface area contributed by atoms with E-state index in [9.17, 15) is 9.59 Å². The normalized spacial score (nSPS) is 13.6. The number of carboxylic acid groups (broad SMARTS) is 1. The average molecular weight is 327 g/mol. The number of carbonyl (C=O) groups excluding carboxylic acids is 1. The van der Waals surface area contributed by atoms with Gasteiger partial charge in [-0.3, -0.25) is 14.3 Å². The molecule has 0 atom stereocenters. The highest BCUT2D eigenvalue weighted by molar-refractivity contribution is 5.73. The fourth-order valence-electron chi connectivity index (χ4n) is 3.15. The summed E-state index contributed by atoms with van der Waals surface area (Å²) in [5, 5.41) is 13.6. The van der Waals surface area contributed by atoms with Crippen LogP contribution < -0.4 is 0 Å². The molecule has 1 aromatic carbocycles. The molecule has 0 saturated carbocycles. The molecule has 2 heterocycles. The summed E-state index contributed by atoms with van der Waals surface area (Å²) in [6, 6.07) is 10.1. The third-order valence-corrected chi connectivity index (χ3v) is 4.41. The molecule has 2 aromatic rings. The molecule has 6 nitrogen and oxygen atoms in total. The highest BCUT2D eigenvalue weighted by Gasteiger charge is 2.26. The Kier molecular flexibility index (Phi) is 4.64. The molecule has 0 fully saturated rings. The first kappa shape index (κ1) is 16.2. The number of rotatable bonds is 5. The van der Waals surface area contributed by atoms with Crippen molar-refractivity contribution in [2.75, 3.05) is 6.54 Å². The Balaban J connectivity index is 1.92. The monoisotopic (exact) mass is 327 g/mol. The quantitative estimate of drug-likeness (QED) is 0.909. The van der Waals surface area contributed by atoms with E-state index in [0.29, 0.717) is 26.1 Å². The Morgan fingerprint density at radius 1 is 1.25 bits per heavy atom. The van der Waals surface area contributed by atoms with Gasteiger partial charge in [0.1, 0.15) is 0 Å². The second kappa shape index (κ2) is 6.86. The first-order valence-corrected chi connectivity index (χ1v) is 8.13. The van der Waals surface area contributed by atoms with E-state index in [1.54, 1.807) is 6.92 Å². The molecular formula is C18H21N3O3. The molecule has 0 radical (unpaired) electrons. The van der Waals surface area contributed by atoms with Crippen molar-refractivity contribution in [3.8, 4) is 0 Å². The standard InChI is InChI=1S/C18H21N3O3/c1-13(22)20-9-7-17-15(12-20)16(11-14-5-3-2-4-6-14)19-21(17)10-8-18(23)24/h2-6H,7-12H2,1H3,(H,23,24). The number of hydrogen-bond acceptors (Lipinski definition) is 3. The van der Waals surface area contributed by atoms with Gasteiger partial charge in [0.25, 0.3) is 0 Å². The SMILES string of the molecule is CC(=O)N1CCc2c(c(Cc3ccccc3)nn2CCC(=O)O)C1. The van der Waals surface area contributed by atoms with Crippen molar-refractivity contribution in [3.63, 3.8) is 0 Å². The van der Waals surface area contributed by atoms with E-state index >= 15 is 0 Å². The molecule has 0 spiro atoms. The zero-order chi connectivity index (χ0) is 17.1. The molecule has 126 valence electrons. The van der Waals surface area contributed by atoms with Crippen LogP contribution >= 0.6 is 0 Å². The summed E-state index contributed by atoms with van der Waals surface area (Å²) < 4.78 is 1.82. The van der Waals surface area contributed by atoms with Crippen LogP contribution in [-0.4, -0.2) is 38.2 Å². The molecule has 0 saturated heterocycles. The predicted octanol–water partition coefficient (Wildman–Crippen LogP) is 1.85. The third-order valence-electron chi connectivity index (χ3n) is 4.41. The molecule has 1 N–H and O–H groups in total. The van der Waals surface area contributed by atoms with Crippen LogP contribution in [0.3, 0.4) is 0 Å². The molecule has 1 amide bonds. The number of fused-ring (bicyclic) bond motifs is 1. The van der Waals surface area contributed by atoms with Crippen molar-refractivity contribution in [3.05, 3.63) is 52.8 Å². The fraction of sp³-hybridized carbons (Fsp3) is 0.389.